The Morgan fingerprint density at radius 1 is 1.77 bits per heavy atom. The molecule has 0 aromatic carbocycles. The largest absolute Gasteiger partial charge is 0.396 e. The summed E-state index contributed by atoms with van der Waals surface area (Å²) in [7, 11) is 0. The van der Waals surface area contributed by atoms with Crippen molar-refractivity contribution >= 4 is 22.2 Å². The minimum atomic E-state index is -0.290. The van der Waals surface area contributed by atoms with Gasteiger partial charge in [-0.15, -0.1) is 11.3 Å². The van der Waals surface area contributed by atoms with Crippen LogP contribution in [0.3, 0.4) is 0 Å². The van der Waals surface area contributed by atoms with E-state index < -0.39 is 0 Å². The first-order valence-electron chi connectivity index (χ1n) is 4.23. The lowest BCUT2D eigenvalue weighted by molar-refractivity contribution is -0.121. The Labute approximate surface area is 81.4 Å². The summed E-state index contributed by atoms with van der Waals surface area (Å²) >= 11 is 1.48. The number of aliphatic hydroxyl groups excluding tert-OH is 1. The Bertz CT molecular complexity index is 255. The fraction of sp³-hybridized carbons (Fsp3) is 0.444. The zero-order valence-corrected chi connectivity index (χ0v) is 8.30. The molecule has 0 saturated heterocycles. The molecule has 2 N–H and O–H groups in total. The van der Waals surface area contributed by atoms with E-state index in [0.717, 1.165) is 5.00 Å². The van der Waals surface area contributed by atoms with Crippen LogP contribution in [0, 0.1) is 5.92 Å². The van der Waals surface area contributed by atoms with E-state index in [9.17, 15) is 4.79 Å². The molecule has 1 rings (SSSR count). The van der Waals surface area contributed by atoms with Crippen molar-refractivity contribution in [3.8, 4) is 0 Å². The summed E-state index contributed by atoms with van der Waals surface area (Å²) in [5.74, 6) is -0.394. The molecule has 0 bridgehead atoms. The summed E-state index contributed by atoms with van der Waals surface area (Å²) in [5, 5.41) is 14.3. The highest BCUT2D eigenvalue weighted by atomic mass is 32.1. The van der Waals surface area contributed by atoms with Gasteiger partial charge in [0.2, 0.25) is 5.91 Å². The van der Waals surface area contributed by atoms with E-state index in [0.29, 0.717) is 6.42 Å². The number of hydrogen-bond donors (Lipinski definition) is 2. The molecule has 1 unspecified atom stereocenters. The molecule has 1 amide bonds. The van der Waals surface area contributed by atoms with Crippen LogP contribution in [-0.4, -0.2) is 17.6 Å². The van der Waals surface area contributed by atoms with Crippen molar-refractivity contribution in [1.29, 1.82) is 0 Å². The Morgan fingerprint density at radius 3 is 3.00 bits per heavy atom. The second-order valence-electron chi connectivity index (χ2n) is 2.75. The molecule has 13 heavy (non-hydrogen) atoms. The molecule has 0 aliphatic rings. The summed E-state index contributed by atoms with van der Waals surface area (Å²) in [6, 6.07) is 3.72. The van der Waals surface area contributed by atoms with Gasteiger partial charge in [-0.3, -0.25) is 4.79 Å². The van der Waals surface area contributed by atoms with Crippen molar-refractivity contribution in [3.63, 3.8) is 0 Å². The van der Waals surface area contributed by atoms with Crippen molar-refractivity contribution in [2.45, 2.75) is 13.3 Å². The van der Waals surface area contributed by atoms with Gasteiger partial charge in [0, 0.05) is 0 Å². The molecule has 3 nitrogen and oxygen atoms in total. The Kier molecular flexibility index (Phi) is 3.92. The summed E-state index contributed by atoms with van der Waals surface area (Å²) in [4.78, 5) is 11.4. The van der Waals surface area contributed by atoms with Gasteiger partial charge in [-0.1, -0.05) is 6.92 Å². The average molecular weight is 199 g/mol. The highest BCUT2D eigenvalue weighted by Gasteiger charge is 2.14. The van der Waals surface area contributed by atoms with Crippen molar-refractivity contribution in [2.24, 2.45) is 5.92 Å². The number of rotatable bonds is 4. The van der Waals surface area contributed by atoms with Crippen molar-refractivity contribution < 1.29 is 9.90 Å². The van der Waals surface area contributed by atoms with Gasteiger partial charge in [0.1, 0.15) is 0 Å². The quantitative estimate of drug-likeness (QED) is 0.775. The molecule has 1 aromatic heterocycles. The highest BCUT2D eigenvalue weighted by molar-refractivity contribution is 7.14. The predicted molar refractivity (Wildman–Crippen MR) is 53.8 cm³/mol. The topological polar surface area (TPSA) is 49.3 Å². The summed E-state index contributed by atoms with van der Waals surface area (Å²) in [5.41, 5.74) is 0. The number of carbonyl (C=O) groups excluding carboxylic acids is 1. The molecular weight excluding hydrogens is 186 g/mol. The molecule has 0 aliphatic carbocycles. The smallest absolute Gasteiger partial charge is 0.230 e. The zero-order valence-electron chi connectivity index (χ0n) is 7.49. The maximum Gasteiger partial charge on any atom is 0.230 e. The minimum Gasteiger partial charge on any atom is -0.396 e. The molecule has 0 radical (unpaired) electrons. The first kappa shape index (κ1) is 10.2. The van der Waals surface area contributed by atoms with E-state index in [1.165, 1.54) is 11.3 Å². The number of thiophene rings is 1. The molecule has 0 saturated carbocycles. The van der Waals surface area contributed by atoms with Gasteiger partial charge in [0.05, 0.1) is 17.5 Å². The fourth-order valence-electron chi connectivity index (χ4n) is 0.971. The van der Waals surface area contributed by atoms with Crippen LogP contribution in [0.2, 0.25) is 0 Å². The first-order valence-corrected chi connectivity index (χ1v) is 5.11. The Hall–Kier alpha value is -0.870. The van der Waals surface area contributed by atoms with E-state index in [2.05, 4.69) is 5.32 Å². The lowest BCUT2D eigenvalue weighted by atomic mass is 10.1. The molecule has 72 valence electrons. The van der Waals surface area contributed by atoms with Gasteiger partial charge >= 0.3 is 0 Å². The Balaban J connectivity index is 2.49. The van der Waals surface area contributed by atoms with E-state index in [4.69, 9.17) is 5.11 Å². The third kappa shape index (κ3) is 2.82. The fourth-order valence-corrected chi connectivity index (χ4v) is 1.59. The van der Waals surface area contributed by atoms with Gasteiger partial charge in [-0.05, 0) is 23.9 Å². The van der Waals surface area contributed by atoms with Crippen LogP contribution in [0.25, 0.3) is 0 Å². The van der Waals surface area contributed by atoms with Crippen molar-refractivity contribution in [3.05, 3.63) is 17.5 Å². The van der Waals surface area contributed by atoms with Crippen molar-refractivity contribution in [1.82, 2.24) is 0 Å². The third-order valence-electron chi connectivity index (χ3n) is 1.85. The van der Waals surface area contributed by atoms with Crippen LogP contribution >= 0.6 is 11.3 Å². The molecule has 1 aromatic rings. The van der Waals surface area contributed by atoms with Gasteiger partial charge in [-0.2, -0.15) is 0 Å². The maximum atomic E-state index is 11.4. The first-order chi connectivity index (χ1) is 6.27. The molecule has 0 aliphatic heterocycles. The zero-order chi connectivity index (χ0) is 9.68. The second kappa shape index (κ2) is 4.99. The SMILES string of the molecule is CCC(CO)C(=O)Nc1cccs1. The molecule has 1 heterocycles. The van der Waals surface area contributed by atoms with Gasteiger partial charge < -0.3 is 10.4 Å². The molecule has 0 fully saturated rings. The van der Waals surface area contributed by atoms with Gasteiger partial charge in [0.25, 0.3) is 0 Å². The molecule has 1 atom stereocenters. The number of hydrogen-bond acceptors (Lipinski definition) is 3. The number of anilines is 1. The number of aliphatic hydroxyl groups is 1. The van der Waals surface area contributed by atoms with Crippen LogP contribution in [0.1, 0.15) is 13.3 Å². The number of amides is 1. The minimum absolute atomic E-state index is 0.0896. The van der Waals surface area contributed by atoms with Crippen LogP contribution in [0.4, 0.5) is 5.00 Å². The van der Waals surface area contributed by atoms with Gasteiger partial charge in [-0.25, -0.2) is 0 Å². The summed E-state index contributed by atoms with van der Waals surface area (Å²) in [6.45, 7) is 1.79. The van der Waals surface area contributed by atoms with E-state index in [1.807, 2.05) is 24.4 Å². The standard InChI is InChI=1S/C9H13NO2S/c1-2-7(6-11)9(12)10-8-4-3-5-13-8/h3-5,7,11H,2,6H2,1H3,(H,10,12). The van der Waals surface area contributed by atoms with Gasteiger partial charge in [0.15, 0.2) is 0 Å². The van der Waals surface area contributed by atoms with Crippen LogP contribution in [-0.2, 0) is 4.79 Å². The van der Waals surface area contributed by atoms with Crippen molar-refractivity contribution in [2.75, 3.05) is 11.9 Å². The Morgan fingerprint density at radius 2 is 2.54 bits per heavy atom. The lowest BCUT2D eigenvalue weighted by Gasteiger charge is -2.10. The molecule has 0 spiro atoms. The molecule has 4 heteroatoms. The van der Waals surface area contributed by atoms with E-state index >= 15 is 0 Å². The normalized spacial score (nSPS) is 12.5. The number of nitrogens with one attached hydrogen (secondary N) is 1. The molecular formula is C9H13NO2S. The van der Waals surface area contributed by atoms with E-state index in [-0.39, 0.29) is 18.4 Å². The summed E-state index contributed by atoms with van der Waals surface area (Å²) in [6.07, 6.45) is 0.660. The second-order valence-corrected chi connectivity index (χ2v) is 3.70. The maximum absolute atomic E-state index is 11.4. The highest BCUT2D eigenvalue weighted by Crippen LogP contribution is 2.16. The predicted octanol–water partition coefficient (Wildman–Crippen LogP) is 1.71. The lowest BCUT2D eigenvalue weighted by Crippen LogP contribution is -2.24. The van der Waals surface area contributed by atoms with Crippen LogP contribution in [0.15, 0.2) is 17.5 Å². The van der Waals surface area contributed by atoms with E-state index in [1.54, 1.807) is 0 Å². The van der Waals surface area contributed by atoms with Crippen LogP contribution < -0.4 is 5.32 Å². The third-order valence-corrected chi connectivity index (χ3v) is 2.64. The summed E-state index contributed by atoms with van der Waals surface area (Å²) < 4.78 is 0. The van der Waals surface area contributed by atoms with Crippen LogP contribution in [0.5, 0.6) is 0 Å². The average Bonchev–Trinajstić information content (AvgIpc) is 2.59. The monoisotopic (exact) mass is 199 g/mol. The number of carbonyl (C=O) groups is 1.